The van der Waals surface area contributed by atoms with E-state index in [0.29, 0.717) is 18.7 Å². The summed E-state index contributed by atoms with van der Waals surface area (Å²) in [6, 6.07) is 7.64. The predicted octanol–water partition coefficient (Wildman–Crippen LogP) is 2.74. The molecule has 0 aliphatic carbocycles. The molecule has 1 aliphatic rings. The molecule has 0 atom stereocenters. The van der Waals surface area contributed by atoms with Gasteiger partial charge >= 0.3 is 0 Å². The number of carbonyl (C=O) groups excluding carboxylic acids is 2. The fourth-order valence-corrected chi connectivity index (χ4v) is 2.80. The quantitative estimate of drug-likeness (QED) is 0.837. The number of anilines is 1. The second kappa shape index (κ2) is 7.79. The van der Waals surface area contributed by atoms with Gasteiger partial charge in [0.15, 0.2) is 17.5 Å². The van der Waals surface area contributed by atoms with Gasteiger partial charge in [-0.25, -0.2) is 13.2 Å². The minimum absolute atomic E-state index is 0.110. The van der Waals surface area contributed by atoms with Gasteiger partial charge < -0.3 is 15.1 Å². The van der Waals surface area contributed by atoms with Gasteiger partial charge in [0.05, 0.1) is 5.69 Å². The molecule has 27 heavy (non-hydrogen) atoms. The van der Waals surface area contributed by atoms with Crippen molar-refractivity contribution in [2.75, 3.05) is 38.5 Å². The highest BCUT2D eigenvalue weighted by atomic mass is 19.2. The van der Waals surface area contributed by atoms with Crippen LogP contribution in [0.4, 0.5) is 18.9 Å². The van der Waals surface area contributed by atoms with E-state index in [9.17, 15) is 22.8 Å². The van der Waals surface area contributed by atoms with Gasteiger partial charge in [0.25, 0.3) is 11.8 Å². The Bertz CT molecular complexity index is 880. The molecule has 0 unspecified atom stereocenters. The van der Waals surface area contributed by atoms with E-state index in [2.05, 4.69) is 10.2 Å². The zero-order valence-corrected chi connectivity index (χ0v) is 14.6. The molecule has 5 nitrogen and oxygen atoms in total. The molecule has 2 amide bonds. The van der Waals surface area contributed by atoms with Crippen molar-refractivity contribution < 1.29 is 22.8 Å². The summed E-state index contributed by atoms with van der Waals surface area (Å²) in [7, 11) is 1.98. The lowest BCUT2D eigenvalue weighted by molar-refractivity contribution is 0.0664. The van der Waals surface area contributed by atoms with Crippen LogP contribution in [-0.2, 0) is 0 Å². The summed E-state index contributed by atoms with van der Waals surface area (Å²) in [5, 5.41) is 2.19. The topological polar surface area (TPSA) is 52.7 Å². The first-order chi connectivity index (χ1) is 12.9. The molecule has 142 valence electrons. The van der Waals surface area contributed by atoms with Gasteiger partial charge in [-0.15, -0.1) is 0 Å². The standard InChI is InChI=1S/C19H18F3N3O2/c1-24-7-9-25(10-8-24)19(27)13-4-2-3-12(11-13)18(26)23-15-6-5-14(20)16(21)17(15)22/h2-6,11H,7-10H2,1H3,(H,23,26). The van der Waals surface area contributed by atoms with E-state index in [-0.39, 0.29) is 11.5 Å². The Labute approximate surface area is 154 Å². The van der Waals surface area contributed by atoms with Crippen LogP contribution in [0.1, 0.15) is 20.7 Å². The van der Waals surface area contributed by atoms with E-state index in [0.717, 1.165) is 25.2 Å². The van der Waals surface area contributed by atoms with E-state index < -0.39 is 29.0 Å². The van der Waals surface area contributed by atoms with Crippen LogP contribution in [0, 0.1) is 17.5 Å². The van der Waals surface area contributed by atoms with E-state index in [1.54, 1.807) is 17.0 Å². The third-order valence-corrected chi connectivity index (χ3v) is 4.45. The summed E-state index contributed by atoms with van der Waals surface area (Å²) in [5.74, 6) is -5.41. The van der Waals surface area contributed by atoms with E-state index >= 15 is 0 Å². The molecule has 3 rings (SSSR count). The fraction of sp³-hybridized carbons (Fsp3) is 0.263. The third-order valence-electron chi connectivity index (χ3n) is 4.45. The van der Waals surface area contributed by atoms with Gasteiger partial charge in [-0.05, 0) is 37.4 Å². The second-order valence-electron chi connectivity index (χ2n) is 6.35. The first kappa shape index (κ1) is 18.9. The summed E-state index contributed by atoms with van der Waals surface area (Å²) < 4.78 is 40.0. The van der Waals surface area contributed by atoms with Gasteiger partial charge in [0, 0.05) is 37.3 Å². The van der Waals surface area contributed by atoms with Crippen molar-refractivity contribution in [3.63, 3.8) is 0 Å². The molecular formula is C19H18F3N3O2. The molecule has 8 heteroatoms. The number of likely N-dealkylation sites (N-methyl/N-ethyl adjacent to an activating group) is 1. The highest BCUT2D eigenvalue weighted by molar-refractivity contribution is 6.06. The van der Waals surface area contributed by atoms with Crippen molar-refractivity contribution in [1.29, 1.82) is 0 Å². The Kier molecular flexibility index (Phi) is 5.46. The zero-order chi connectivity index (χ0) is 19.6. The molecule has 0 radical (unpaired) electrons. The second-order valence-corrected chi connectivity index (χ2v) is 6.35. The van der Waals surface area contributed by atoms with Gasteiger partial charge in [-0.2, -0.15) is 0 Å². The maximum atomic E-state index is 13.7. The Hall–Kier alpha value is -2.87. The average molecular weight is 377 g/mol. The van der Waals surface area contributed by atoms with Crippen molar-refractivity contribution in [1.82, 2.24) is 9.80 Å². The largest absolute Gasteiger partial charge is 0.336 e. The number of carbonyl (C=O) groups is 2. The monoisotopic (exact) mass is 377 g/mol. The fourth-order valence-electron chi connectivity index (χ4n) is 2.80. The van der Waals surface area contributed by atoms with Crippen molar-refractivity contribution in [3.05, 3.63) is 65.0 Å². The molecule has 1 heterocycles. The summed E-state index contributed by atoms with van der Waals surface area (Å²) in [6.07, 6.45) is 0. The number of nitrogens with one attached hydrogen (secondary N) is 1. The number of nitrogens with zero attached hydrogens (tertiary/aromatic N) is 2. The molecule has 0 bridgehead atoms. The number of halogens is 3. The number of hydrogen-bond acceptors (Lipinski definition) is 3. The van der Waals surface area contributed by atoms with Gasteiger partial charge in [-0.3, -0.25) is 9.59 Å². The zero-order valence-electron chi connectivity index (χ0n) is 14.6. The molecule has 1 fully saturated rings. The van der Waals surface area contributed by atoms with Gasteiger partial charge in [-0.1, -0.05) is 6.07 Å². The van der Waals surface area contributed by atoms with Crippen LogP contribution in [0.2, 0.25) is 0 Å². The highest BCUT2D eigenvalue weighted by Crippen LogP contribution is 2.20. The van der Waals surface area contributed by atoms with Crippen LogP contribution in [-0.4, -0.2) is 54.8 Å². The van der Waals surface area contributed by atoms with Crippen LogP contribution < -0.4 is 5.32 Å². The van der Waals surface area contributed by atoms with Crippen LogP contribution in [0.3, 0.4) is 0 Å². The van der Waals surface area contributed by atoms with E-state index in [1.165, 1.54) is 12.1 Å². The van der Waals surface area contributed by atoms with E-state index in [1.807, 2.05) is 7.05 Å². The molecule has 1 aliphatic heterocycles. The lowest BCUT2D eigenvalue weighted by Crippen LogP contribution is -2.47. The number of benzene rings is 2. The first-order valence-corrected chi connectivity index (χ1v) is 8.39. The van der Waals surface area contributed by atoms with Crippen LogP contribution in [0.15, 0.2) is 36.4 Å². The van der Waals surface area contributed by atoms with Crippen LogP contribution >= 0.6 is 0 Å². The summed E-state index contributed by atoms with van der Waals surface area (Å²) in [5.41, 5.74) is -0.0354. The lowest BCUT2D eigenvalue weighted by Gasteiger charge is -2.32. The molecule has 0 spiro atoms. The first-order valence-electron chi connectivity index (χ1n) is 8.39. The van der Waals surface area contributed by atoms with Crippen molar-refractivity contribution in [2.45, 2.75) is 0 Å². The molecule has 1 saturated heterocycles. The number of piperazine rings is 1. The van der Waals surface area contributed by atoms with Crippen LogP contribution in [0.5, 0.6) is 0 Å². The average Bonchev–Trinajstić information content (AvgIpc) is 2.68. The molecule has 2 aromatic carbocycles. The maximum absolute atomic E-state index is 13.7. The third kappa shape index (κ3) is 4.11. The minimum atomic E-state index is -1.66. The summed E-state index contributed by atoms with van der Waals surface area (Å²) in [4.78, 5) is 28.7. The summed E-state index contributed by atoms with van der Waals surface area (Å²) in [6.45, 7) is 2.71. The van der Waals surface area contributed by atoms with Crippen molar-refractivity contribution in [3.8, 4) is 0 Å². The predicted molar refractivity (Wildman–Crippen MR) is 94.1 cm³/mol. The SMILES string of the molecule is CN1CCN(C(=O)c2cccc(C(=O)Nc3ccc(F)c(F)c3F)c2)CC1. The number of amides is 2. The normalized spacial score (nSPS) is 14.9. The Balaban J connectivity index is 1.76. The highest BCUT2D eigenvalue weighted by Gasteiger charge is 2.21. The van der Waals surface area contributed by atoms with Gasteiger partial charge in [0.1, 0.15) is 0 Å². The Morgan fingerprint density at radius 1 is 0.926 bits per heavy atom. The Morgan fingerprint density at radius 2 is 1.59 bits per heavy atom. The number of hydrogen-bond donors (Lipinski definition) is 1. The molecular weight excluding hydrogens is 359 g/mol. The van der Waals surface area contributed by atoms with Crippen LogP contribution in [0.25, 0.3) is 0 Å². The maximum Gasteiger partial charge on any atom is 0.255 e. The summed E-state index contributed by atoms with van der Waals surface area (Å²) >= 11 is 0. The van der Waals surface area contributed by atoms with Crippen molar-refractivity contribution in [2.24, 2.45) is 0 Å². The molecule has 0 saturated carbocycles. The van der Waals surface area contributed by atoms with Crippen molar-refractivity contribution >= 4 is 17.5 Å². The number of rotatable bonds is 3. The van der Waals surface area contributed by atoms with Gasteiger partial charge in [0.2, 0.25) is 0 Å². The van der Waals surface area contributed by atoms with E-state index in [4.69, 9.17) is 0 Å². The Morgan fingerprint density at radius 3 is 2.30 bits per heavy atom. The smallest absolute Gasteiger partial charge is 0.255 e. The minimum Gasteiger partial charge on any atom is -0.336 e. The lowest BCUT2D eigenvalue weighted by atomic mass is 10.1. The molecule has 0 aromatic heterocycles. The molecule has 2 aromatic rings. The molecule has 1 N–H and O–H groups in total.